The summed E-state index contributed by atoms with van der Waals surface area (Å²) in [5, 5.41) is 0. The van der Waals surface area contributed by atoms with Gasteiger partial charge in [-0.3, -0.25) is 9.69 Å². The van der Waals surface area contributed by atoms with Crippen molar-refractivity contribution in [1.29, 1.82) is 0 Å². The number of carbonyl (C=O) groups excluding carboxylic acids is 1. The highest BCUT2D eigenvalue weighted by Crippen LogP contribution is 2.80. The predicted octanol–water partition coefficient (Wildman–Crippen LogP) is 5.51. The van der Waals surface area contributed by atoms with Crippen molar-refractivity contribution in [2.75, 3.05) is 26.2 Å². The van der Waals surface area contributed by atoms with Gasteiger partial charge in [-0.1, -0.05) is 97.4 Å². The minimum Gasteiger partial charge on any atom is -0.340 e. The van der Waals surface area contributed by atoms with Crippen LogP contribution in [0.2, 0.25) is 0 Å². The lowest BCUT2D eigenvalue weighted by molar-refractivity contribution is -0.174. The van der Waals surface area contributed by atoms with Gasteiger partial charge < -0.3 is 4.90 Å². The molecule has 2 bridgehead atoms. The van der Waals surface area contributed by atoms with E-state index in [1.807, 2.05) is 0 Å². The van der Waals surface area contributed by atoms with Crippen LogP contribution in [0.3, 0.4) is 0 Å². The number of fused-ring (bicyclic) bond motifs is 1. The zero-order chi connectivity index (χ0) is 21.9. The fourth-order valence-corrected chi connectivity index (χ4v) is 8.58. The highest BCUT2D eigenvalue weighted by Gasteiger charge is 2.80. The minimum atomic E-state index is -0.234. The third kappa shape index (κ3) is 2.83. The molecule has 31 heavy (non-hydrogen) atoms. The summed E-state index contributed by atoms with van der Waals surface area (Å²) in [4.78, 5) is 18.8. The van der Waals surface area contributed by atoms with Gasteiger partial charge in [0.15, 0.2) is 0 Å². The Hall–Kier alpha value is -1.65. The van der Waals surface area contributed by atoms with Crippen LogP contribution in [0.4, 0.5) is 0 Å². The quantitative estimate of drug-likeness (QED) is 0.538. The van der Waals surface area contributed by atoms with Gasteiger partial charge in [-0.05, 0) is 34.8 Å². The molecular formula is C27H33BrN2O. The lowest BCUT2D eigenvalue weighted by Gasteiger charge is -2.65. The summed E-state index contributed by atoms with van der Waals surface area (Å²) in [5.74, 6) is 0.380. The van der Waals surface area contributed by atoms with E-state index >= 15 is 0 Å². The number of rotatable bonds is 4. The SMILES string of the molecule is CC12CCC(C(=O)N3CCN(C(c4ccccc4)c4ccccc4)CC3)(C1Br)C2(C)C. The molecule has 1 amide bonds. The van der Waals surface area contributed by atoms with Gasteiger partial charge in [0.25, 0.3) is 0 Å². The molecule has 3 nitrogen and oxygen atoms in total. The molecular weight excluding hydrogens is 448 g/mol. The van der Waals surface area contributed by atoms with Crippen LogP contribution in [-0.4, -0.2) is 46.7 Å². The maximum Gasteiger partial charge on any atom is 0.230 e. The molecule has 1 aliphatic heterocycles. The number of amides is 1. The van der Waals surface area contributed by atoms with E-state index in [1.54, 1.807) is 0 Å². The van der Waals surface area contributed by atoms with E-state index < -0.39 is 0 Å². The molecule has 3 unspecified atom stereocenters. The zero-order valence-corrected chi connectivity index (χ0v) is 20.4. The van der Waals surface area contributed by atoms with Crippen LogP contribution < -0.4 is 0 Å². The van der Waals surface area contributed by atoms with E-state index in [4.69, 9.17) is 0 Å². The van der Waals surface area contributed by atoms with Gasteiger partial charge in [-0.15, -0.1) is 0 Å². The molecule has 4 aliphatic rings. The Kier molecular flexibility index (Phi) is 5.10. The van der Waals surface area contributed by atoms with Gasteiger partial charge in [0.1, 0.15) is 0 Å². The van der Waals surface area contributed by atoms with E-state index in [2.05, 4.69) is 107 Å². The predicted molar refractivity (Wildman–Crippen MR) is 129 cm³/mol. The topological polar surface area (TPSA) is 23.6 Å². The zero-order valence-electron chi connectivity index (χ0n) is 18.9. The molecule has 2 aromatic carbocycles. The Morgan fingerprint density at radius 1 is 0.871 bits per heavy atom. The summed E-state index contributed by atoms with van der Waals surface area (Å²) in [6, 6.07) is 21.8. The Morgan fingerprint density at radius 2 is 1.39 bits per heavy atom. The van der Waals surface area contributed by atoms with Crippen molar-refractivity contribution in [3.63, 3.8) is 0 Å². The van der Waals surface area contributed by atoms with Gasteiger partial charge >= 0.3 is 0 Å². The number of carbonyl (C=O) groups is 1. The second-order valence-electron chi connectivity index (χ2n) is 10.4. The molecule has 3 aliphatic carbocycles. The third-order valence-electron chi connectivity index (χ3n) is 9.15. The minimum absolute atomic E-state index is 0.0546. The van der Waals surface area contributed by atoms with E-state index in [0.29, 0.717) is 10.7 Å². The molecule has 3 saturated carbocycles. The van der Waals surface area contributed by atoms with Crippen molar-refractivity contribution < 1.29 is 4.79 Å². The summed E-state index contributed by atoms with van der Waals surface area (Å²) in [7, 11) is 0. The first-order chi connectivity index (χ1) is 14.8. The smallest absolute Gasteiger partial charge is 0.230 e. The van der Waals surface area contributed by atoms with Gasteiger partial charge in [-0.2, -0.15) is 0 Å². The van der Waals surface area contributed by atoms with Crippen LogP contribution >= 0.6 is 15.9 Å². The van der Waals surface area contributed by atoms with Crippen LogP contribution in [0.1, 0.15) is 50.8 Å². The van der Waals surface area contributed by atoms with Crippen molar-refractivity contribution in [3.8, 4) is 0 Å². The first kappa shape index (κ1) is 21.2. The normalized spacial score (nSPS) is 32.2. The molecule has 0 spiro atoms. The van der Waals surface area contributed by atoms with Crippen molar-refractivity contribution in [3.05, 3.63) is 71.8 Å². The molecule has 0 aromatic heterocycles. The van der Waals surface area contributed by atoms with E-state index in [0.717, 1.165) is 39.0 Å². The number of hydrogen-bond acceptors (Lipinski definition) is 2. The summed E-state index contributed by atoms with van der Waals surface area (Å²) in [6.07, 6.45) is 2.16. The maximum atomic E-state index is 13.8. The number of nitrogens with zero attached hydrogens (tertiary/aromatic N) is 2. The largest absolute Gasteiger partial charge is 0.340 e. The van der Waals surface area contributed by atoms with Crippen LogP contribution in [-0.2, 0) is 4.79 Å². The van der Waals surface area contributed by atoms with Gasteiger partial charge in [0, 0.05) is 31.0 Å². The van der Waals surface area contributed by atoms with Crippen LogP contribution in [0, 0.1) is 16.2 Å². The van der Waals surface area contributed by atoms with Crippen LogP contribution in [0.25, 0.3) is 0 Å². The summed E-state index contributed by atoms with van der Waals surface area (Å²) >= 11 is 3.95. The Morgan fingerprint density at radius 3 is 1.81 bits per heavy atom. The first-order valence-corrected chi connectivity index (χ1v) is 12.5. The highest BCUT2D eigenvalue weighted by molar-refractivity contribution is 9.09. The molecule has 2 aromatic rings. The average molecular weight is 481 g/mol. The second-order valence-corrected chi connectivity index (χ2v) is 11.3. The molecule has 164 valence electrons. The number of benzene rings is 2. The number of halogens is 1. The third-order valence-corrected chi connectivity index (χ3v) is 10.9. The standard InChI is InChI=1S/C27H33BrN2O/c1-25(2)26(3)14-15-27(25,23(26)28)24(31)30-18-16-29(17-19-30)22(20-10-6-4-7-11-20)21-12-8-5-9-13-21/h4-13,22-23H,14-19H2,1-3H3. The Balaban J connectivity index is 1.35. The van der Waals surface area contributed by atoms with Gasteiger partial charge in [-0.25, -0.2) is 0 Å². The van der Waals surface area contributed by atoms with Crippen molar-refractivity contribution in [2.45, 2.75) is 44.5 Å². The summed E-state index contributed by atoms with van der Waals surface area (Å²) < 4.78 is 0. The first-order valence-electron chi connectivity index (χ1n) is 11.6. The van der Waals surface area contributed by atoms with E-state index in [9.17, 15) is 4.79 Å². The summed E-state index contributed by atoms with van der Waals surface area (Å²) in [5.41, 5.74) is 2.69. The molecule has 1 heterocycles. The van der Waals surface area contributed by atoms with Crippen LogP contribution in [0.15, 0.2) is 60.7 Å². The van der Waals surface area contributed by atoms with Gasteiger partial charge in [0.2, 0.25) is 5.91 Å². The molecule has 6 rings (SSSR count). The average Bonchev–Trinajstić information content (AvgIpc) is 3.21. The fraction of sp³-hybridized carbons (Fsp3) is 0.519. The fourth-order valence-electron chi connectivity index (χ4n) is 6.78. The lowest BCUT2D eigenvalue weighted by atomic mass is 9.43. The molecule has 3 atom stereocenters. The van der Waals surface area contributed by atoms with Gasteiger partial charge in [0.05, 0.1) is 11.5 Å². The van der Waals surface area contributed by atoms with E-state index in [1.165, 1.54) is 11.1 Å². The van der Waals surface area contributed by atoms with Crippen LogP contribution in [0.5, 0.6) is 0 Å². The molecule has 0 N–H and O–H groups in total. The van der Waals surface area contributed by atoms with E-state index in [-0.39, 0.29) is 22.3 Å². The number of hydrogen-bond donors (Lipinski definition) is 0. The number of alkyl halides is 1. The highest BCUT2D eigenvalue weighted by atomic mass is 79.9. The Bertz CT molecular complexity index is 914. The van der Waals surface area contributed by atoms with Crippen molar-refractivity contribution in [1.82, 2.24) is 9.80 Å². The molecule has 4 fully saturated rings. The number of piperazine rings is 1. The molecule has 1 saturated heterocycles. The molecule has 4 heteroatoms. The monoisotopic (exact) mass is 480 g/mol. The van der Waals surface area contributed by atoms with Crippen molar-refractivity contribution in [2.24, 2.45) is 16.2 Å². The maximum absolute atomic E-state index is 13.8. The summed E-state index contributed by atoms with van der Waals surface area (Å²) in [6.45, 7) is 10.4. The lowest BCUT2D eigenvalue weighted by Crippen LogP contribution is -2.70. The van der Waals surface area contributed by atoms with Crippen molar-refractivity contribution >= 4 is 21.8 Å². The Labute approximate surface area is 194 Å². The second kappa shape index (κ2) is 7.45. The molecule has 0 radical (unpaired) electrons.